The van der Waals surface area contributed by atoms with Crippen molar-refractivity contribution in [1.82, 2.24) is 5.32 Å². The standard InChI is InChI=1S/C20H23NO7S/c1-14-9-11-17(12-10-14)29(24,25)28-15(2)18(19(22)26-3)21-20(23)27-13-16-7-5-4-6-8-16/h4-12,15,18H,13H2,1-3H3,(H,21,23). The number of alkyl carbamates (subject to hydrolysis) is 1. The van der Waals surface area contributed by atoms with Crippen LogP contribution in [-0.2, 0) is 35.2 Å². The summed E-state index contributed by atoms with van der Waals surface area (Å²) in [6, 6.07) is 13.6. The van der Waals surface area contributed by atoms with Crippen LogP contribution < -0.4 is 5.32 Å². The van der Waals surface area contributed by atoms with Gasteiger partial charge in [0.05, 0.1) is 12.0 Å². The summed E-state index contributed by atoms with van der Waals surface area (Å²) >= 11 is 0. The number of hydrogen-bond acceptors (Lipinski definition) is 7. The van der Waals surface area contributed by atoms with Crippen LogP contribution in [0.3, 0.4) is 0 Å². The van der Waals surface area contributed by atoms with Crippen molar-refractivity contribution in [3.63, 3.8) is 0 Å². The first-order chi connectivity index (χ1) is 13.7. The van der Waals surface area contributed by atoms with Crippen molar-refractivity contribution in [3.05, 3.63) is 65.7 Å². The maximum Gasteiger partial charge on any atom is 0.408 e. The summed E-state index contributed by atoms with van der Waals surface area (Å²) in [5.41, 5.74) is 1.63. The van der Waals surface area contributed by atoms with Crippen molar-refractivity contribution in [1.29, 1.82) is 0 Å². The molecule has 156 valence electrons. The van der Waals surface area contributed by atoms with Gasteiger partial charge in [-0.3, -0.25) is 4.18 Å². The molecular formula is C20H23NO7S. The first kappa shape index (κ1) is 22.4. The smallest absolute Gasteiger partial charge is 0.408 e. The first-order valence-corrected chi connectivity index (χ1v) is 10.2. The number of hydrogen-bond donors (Lipinski definition) is 1. The van der Waals surface area contributed by atoms with Gasteiger partial charge in [-0.15, -0.1) is 0 Å². The summed E-state index contributed by atoms with van der Waals surface area (Å²) in [6.07, 6.45) is -2.15. The lowest BCUT2D eigenvalue weighted by molar-refractivity contribution is -0.145. The number of nitrogens with one attached hydrogen (secondary N) is 1. The average molecular weight is 421 g/mol. The van der Waals surface area contributed by atoms with Crippen LogP contribution in [-0.4, -0.2) is 39.7 Å². The van der Waals surface area contributed by atoms with Gasteiger partial charge >= 0.3 is 12.1 Å². The summed E-state index contributed by atoms with van der Waals surface area (Å²) in [5, 5.41) is 2.30. The number of methoxy groups -OCH3 is 1. The van der Waals surface area contributed by atoms with E-state index in [-0.39, 0.29) is 11.5 Å². The Bertz CT molecular complexity index is 927. The highest BCUT2D eigenvalue weighted by Gasteiger charge is 2.33. The van der Waals surface area contributed by atoms with E-state index in [9.17, 15) is 18.0 Å². The van der Waals surface area contributed by atoms with Crippen LogP contribution in [0.4, 0.5) is 4.79 Å². The highest BCUT2D eigenvalue weighted by Crippen LogP contribution is 2.17. The Morgan fingerprint density at radius 2 is 1.66 bits per heavy atom. The van der Waals surface area contributed by atoms with E-state index < -0.39 is 34.3 Å². The van der Waals surface area contributed by atoms with Gasteiger partial charge in [-0.05, 0) is 31.5 Å². The fraction of sp³-hybridized carbons (Fsp3) is 0.300. The summed E-state index contributed by atoms with van der Waals surface area (Å²) < 4.78 is 39.7. The van der Waals surface area contributed by atoms with Crippen LogP contribution in [0.5, 0.6) is 0 Å². The second kappa shape index (κ2) is 10.0. The van der Waals surface area contributed by atoms with Gasteiger partial charge in [-0.25, -0.2) is 9.59 Å². The fourth-order valence-electron chi connectivity index (χ4n) is 2.40. The normalized spacial score (nSPS) is 13.2. The van der Waals surface area contributed by atoms with Gasteiger partial charge in [0.25, 0.3) is 10.1 Å². The molecule has 0 heterocycles. The maximum atomic E-state index is 12.4. The van der Waals surface area contributed by atoms with Gasteiger partial charge in [0.15, 0.2) is 6.04 Å². The van der Waals surface area contributed by atoms with Gasteiger partial charge < -0.3 is 14.8 Å². The third-order valence-corrected chi connectivity index (χ3v) is 5.41. The SMILES string of the molecule is COC(=O)C(NC(=O)OCc1ccccc1)C(C)OS(=O)(=O)c1ccc(C)cc1. The predicted molar refractivity (Wildman–Crippen MR) is 104 cm³/mol. The summed E-state index contributed by atoms with van der Waals surface area (Å²) in [6.45, 7) is 3.14. The molecule has 2 aromatic carbocycles. The van der Waals surface area contributed by atoms with Crippen molar-refractivity contribution in [2.75, 3.05) is 7.11 Å². The lowest BCUT2D eigenvalue weighted by atomic mass is 10.2. The fourth-order valence-corrected chi connectivity index (χ4v) is 3.49. The molecule has 1 N–H and O–H groups in total. The van der Waals surface area contributed by atoms with E-state index in [1.165, 1.54) is 19.1 Å². The third-order valence-electron chi connectivity index (χ3n) is 4.00. The van der Waals surface area contributed by atoms with Crippen molar-refractivity contribution < 1.29 is 31.7 Å². The molecule has 0 saturated carbocycles. The van der Waals surface area contributed by atoms with E-state index in [4.69, 9.17) is 8.92 Å². The van der Waals surface area contributed by atoms with Crippen LogP contribution in [0, 0.1) is 6.92 Å². The first-order valence-electron chi connectivity index (χ1n) is 8.78. The molecule has 2 atom stereocenters. The molecule has 8 nitrogen and oxygen atoms in total. The molecule has 0 radical (unpaired) electrons. The zero-order valence-electron chi connectivity index (χ0n) is 16.3. The largest absolute Gasteiger partial charge is 0.467 e. The Hall–Kier alpha value is -2.91. The second-order valence-corrected chi connectivity index (χ2v) is 7.85. The molecule has 0 bridgehead atoms. The lowest BCUT2D eigenvalue weighted by Crippen LogP contribution is -2.49. The van der Waals surface area contributed by atoms with Gasteiger partial charge in [-0.1, -0.05) is 48.0 Å². The topological polar surface area (TPSA) is 108 Å². The number of amides is 1. The molecule has 0 spiro atoms. The number of rotatable bonds is 8. The van der Waals surface area contributed by atoms with Crippen molar-refractivity contribution in [3.8, 4) is 0 Å². The Morgan fingerprint density at radius 3 is 2.24 bits per heavy atom. The molecule has 0 saturated heterocycles. The molecule has 0 aliphatic carbocycles. The van der Waals surface area contributed by atoms with E-state index in [0.717, 1.165) is 18.2 Å². The summed E-state index contributed by atoms with van der Waals surface area (Å²) in [5.74, 6) is -0.867. The molecule has 0 aromatic heterocycles. The van der Waals surface area contributed by atoms with Gasteiger partial charge in [0.2, 0.25) is 0 Å². The van der Waals surface area contributed by atoms with Crippen LogP contribution in [0.2, 0.25) is 0 Å². The van der Waals surface area contributed by atoms with E-state index >= 15 is 0 Å². The van der Waals surface area contributed by atoms with Crippen molar-refractivity contribution >= 4 is 22.2 Å². The Kier molecular flexibility index (Phi) is 7.74. The zero-order valence-corrected chi connectivity index (χ0v) is 17.1. The number of aryl methyl sites for hydroxylation is 1. The molecule has 29 heavy (non-hydrogen) atoms. The van der Waals surface area contributed by atoms with E-state index in [0.29, 0.717) is 0 Å². The minimum atomic E-state index is -4.15. The average Bonchev–Trinajstić information content (AvgIpc) is 2.70. The molecule has 1 amide bonds. The minimum absolute atomic E-state index is 0.0164. The van der Waals surface area contributed by atoms with E-state index in [1.807, 2.05) is 13.0 Å². The summed E-state index contributed by atoms with van der Waals surface area (Å²) in [7, 11) is -3.04. The van der Waals surface area contributed by atoms with Crippen molar-refractivity contribution in [2.45, 2.75) is 37.5 Å². The molecule has 9 heteroatoms. The minimum Gasteiger partial charge on any atom is -0.467 e. The van der Waals surface area contributed by atoms with Gasteiger partial charge in [0.1, 0.15) is 12.7 Å². The Labute approximate surface area is 169 Å². The van der Waals surface area contributed by atoms with E-state index in [1.54, 1.807) is 36.4 Å². The highest BCUT2D eigenvalue weighted by molar-refractivity contribution is 7.86. The highest BCUT2D eigenvalue weighted by atomic mass is 32.2. The molecule has 0 fully saturated rings. The molecule has 2 aromatic rings. The number of benzene rings is 2. The third kappa shape index (κ3) is 6.58. The predicted octanol–water partition coefficient (Wildman–Crippen LogP) is 2.56. The lowest BCUT2D eigenvalue weighted by Gasteiger charge is -2.22. The van der Waals surface area contributed by atoms with Crippen LogP contribution >= 0.6 is 0 Å². The van der Waals surface area contributed by atoms with Crippen LogP contribution in [0.15, 0.2) is 59.5 Å². The maximum absolute atomic E-state index is 12.4. The van der Waals surface area contributed by atoms with Gasteiger partial charge in [-0.2, -0.15) is 8.42 Å². The van der Waals surface area contributed by atoms with E-state index in [2.05, 4.69) is 10.1 Å². The monoisotopic (exact) mass is 421 g/mol. The molecule has 2 unspecified atom stereocenters. The molecule has 0 aliphatic rings. The number of carbonyl (C=O) groups excluding carboxylic acids is 2. The summed E-state index contributed by atoms with van der Waals surface area (Å²) in [4.78, 5) is 24.1. The van der Waals surface area contributed by atoms with Crippen LogP contribution in [0.25, 0.3) is 0 Å². The molecule has 2 rings (SSSR count). The number of carbonyl (C=O) groups is 2. The number of esters is 1. The number of ether oxygens (including phenoxy) is 2. The Balaban J connectivity index is 2.05. The molecule has 0 aliphatic heterocycles. The second-order valence-electron chi connectivity index (χ2n) is 6.28. The molecular weight excluding hydrogens is 398 g/mol. The Morgan fingerprint density at radius 1 is 1.03 bits per heavy atom. The van der Waals surface area contributed by atoms with Crippen molar-refractivity contribution in [2.24, 2.45) is 0 Å². The van der Waals surface area contributed by atoms with Crippen LogP contribution in [0.1, 0.15) is 18.1 Å². The quantitative estimate of drug-likeness (QED) is 0.515. The van der Waals surface area contributed by atoms with Gasteiger partial charge in [0, 0.05) is 0 Å². The zero-order chi connectivity index (χ0) is 21.4.